The molecule has 1 unspecified atom stereocenters. The molecule has 1 atom stereocenters. The number of amides is 1. The van der Waals surface area contributed by atoms with E-state index in [-0.39, 0.29) is 17.3 Å². The largest absolute Gasteiger partial charge is 0.350 e. The minimum absolute atomic E-state index is 0.00300. The van der Waals surface area contributed by atoms with Crippen LogP contribution in [0.25, 0.3) is 0 Å². The van der Waals surface area contributed by atoms with Crippen molar-refractivity contribution in [1.29, 1.82) is 0 Å². The first-order valence-corrected chi connectivity index (χ1v) is 5.27. The van der Waals surface area contributed by atoms with E-state index < -0.39 is 5.41 Å². The zero-order valence-electron chi connectivity index (χ0n) is 9.67. The van der Waals surface area contributed by atoms with Crippen LogP contribution in [0.3, 0.4) is 0 Å². The summed E-state index contributed by atoms with van der Waals surface area (Å²) in [6, 6.07) is 1.45. The fourth-order valence-electron chi connectivity index (χ4n) is 2.25. The van der Waals surface area contributed by atoms with Crippen LogP contribution in [0.4, 0.5) is 4.39 Å². The maximum Gasteiger partial charge on any atom is 0.221 e. The number of carbonyl (C=O) groups excluding carboxylic acids is 1. The van der Waals surface area contributed by atoms with Gasteiger partial charge in [-0.15, -0.1) is 0 Å². The van der Waals surface area contributed by atoms with E-state index in [1.807, 2.05) is 20.8 Å². The lowest BCUT2D eigenvalue weighted by molar-refractivity contribution is -0.119. The molecule has 86 valence electrons. The quantitative estimate of drug-likeness (QED) is 0.787. The van der Waals surface area contributed by atoms with Crippen molar-refractivity contribution < 1.29 is 9.18 Å². The Hall–Kier alpha value is -1.45. The molecule has 0 aliphatic carbocycles. The molecule has 1 aliphatic heterocycles. The molecule has 1 fully saturated rings. The van der Waals surface area contributed by atoms with Crippen molar-refractivity contribution in [2.75, 3.05) is 0 Å². The van der Waals surface area contributed by atoms with Gasteiger partial charge in [-0.2, -0.15) is 0 Å². The minimum Gasteiger partial charge on any atom is -0.350 e. The van der Waals surface area contributed by atoms with Crippen LogP contribution < -0.4 is 5.32 Å². The Morgan fingerprint density at radius 1 is 1.38 bits per heavy atom. The highest BCUT2D eigenvalue weighted by Gasteiger charge is 2.50. The van der Waals surface area contributed by atoms with Crippen LogP contribution in [-0.2, 0) is 10.2 Å². The van der Waals surface area contributed by atoms with Crippen molar-refractivity contribution >= 4 is 5.91 Å². The summed E-state index contributed by atoms with van der Waals surface area (Å²) in [6.07, 6.45) is 3.17. The average Bonchev–Trinajstić information content (AvgIpc) is 2.36. The fraction of sp³-hybridized carbons (Fsp3) is 0.500. The maximum absolute atomic E-state index is 13.2. The van der Waals surface area contributed by atoms with Gasteiger partial charge in [-0.3, -0.25) is 9.78 Å². The van der Waals surface area contributed by atoms with Gasteiger partial charge in [-0.25, -0.2) is 4.39 Å². The van der Waals surface area contributed by atoms with E-state index in [9.17, 15) is 9.18 Å². The van der Waals surface area contributed by atoms with Crippen molar-refractivity contribution in [1.82, 2.24) is 10.3 Å². The molecule has 0 saturated carbocycles. The number of nitrogens with zero attached hydrogens (tertiary/aromatic N) is 1. The molecule has 1 aromatic heterocycles. The molecular weight excluding hydrogens is 207 g/mol. The molecule has 0 aromatic carbocycles. The summed E-state index contributed by atoms with van der Waals surface area (Å²) in [5.41, 5.74) is -0.0468. The van der Waals surface area contributed by atoms with E-state index in [0.29, 0.717) is 6.42 Å². The molecular formula is C12H15FN2O. The molecule has 0 spiro atoms. The summed E-state index contributed by atoms with van der Waals surface area (Å²) >= 11 is 0. The first-order chi connectivity index (χ1) is 7.35. The molecule has 3 nitrogen and oxygen atoms in total. The highest BCUT2D eigenvalue weighted by molar-refractivity contribution is 5.82. The number of rotatable bonds is 1. The molecule has 1 amide bonds. The van der Waals surface area contributed by atoms with Crippen LogP contribution in [0.15, 0.2) is 18.5 Å². The topological polar surface area (TPSA) is 42.0 Å². The Morgan fingerprint density at radius 3 is 2.56 bits per heavy atom. The third-order valence-electron chi connectivity index (χ3n) is 3.69. The zero-order chi connectivity index (χ0) is 12.0. The van der Waals surface area contributed by atoms with Gasteiger partial charge in [0.1, 0.15) is 5.82 Å². The fourth-order valence-corrected chi connectivity index (χ4v) is 2.25. The number of nitrogens with one attached hydrogen (secondary N) is 1. The van der Waals surface area contributed by atoms with Crippen molar-refractivity contribution in [2.45, 2.75) is 38.1 Å². The lowest BCUT2D eigenvalue weighted by Crippen LogP contribution is -2.48. The lowest BCUT2D eigenvalue weighted by Gasteiger charge is -2.37. The van der Waals surface area contributed by atoms with Crippen LogP contribution >= 0.6 is 0 Å². The van der Waals surface area contributed by atoms with Crippen molar-refractivity contribution in [3.05, 3.63) is 29.8 Å². The monoisotopic (exact) mass is 222 g/mol. The third kappa shape index (κ3) is 1.49. The van der Waals surface area contributed by atoms with Crippen LogP contribution in [0.1, 0.15) is 32.8 Å². The molecule has 2 heterocycles. The molecule has 16 heavy (non-hydrogen) atoms. The number of hydrogen-bond donors (Lipinski definition) is 1. The zero-order valence-corrected chi connectivity index (χ0v) is 9.67. The van der Waals surface area contributed by atoms with Gasteiger partial charge in [0.15, 0.2) is 0 Å². The Kier molecular flexibility index (Phi) is 2.26. The predicted molar refractivity (Wildman–Crippen MR) is 58.4 cm³/mol. The molecule has 1 aromatic rings. The summed E-state index contributed by atoms with van der Waals surface area (Å²) in [5, 5.41) is 2.91. The van der Waals surface area contributed by atoms with E-state index in [2.05, 4.69) is 10.3 Å². The molecule has 1 saturated heterocycles. The van der Waals surface area contributed by atoms with Gasteiger partial charge in [0, 0.05) is 23.6 Å². The average molecular weight is 222 g/mol. The van der Waals surface area contributed by atoms with Crippen molar-refractivity contribution in [2.24, 2.45) is 0 Å². The normalized spacial score (nSPS) is 27.9. The summed E-state index contributed by atoms with van der Waals surface area (Å²) in [7, 11) is 0. The third-order valence-corrected chi connectivity index (χ3v) is 3.69. The van der Waals surface area contributed by atoms with E-state index >= 15 is 0 Å². The lowest BCUT2D eigenvalue weighted by atomic mass is 9.69. The smallest absolute Gasteiger partial charge is 0.221 e. The van der Waals surface area contributed by atoms with E-state index in [1.54, 1.807) is 6.20 Å². The second-order valence-corrected chi connectivity index (χ2v) is 5.07. The number of aromatic nitrogens is 1. The van der Waals surface area contributed by atoms with Crippen LogP contribution in [0.5, 0.6) is 0 Å². The molecule has 0 bridgehead atoms. The number of hydrogen-bond acceptors (Lipinski definition) is 2. The van der Waals surface area contributed by atoms with E-state index in [4.69, 9.17) is 0 Å². The summed E-state index contributed by atoms with van der Waals surface area (Å²) < 4.78 is 13.2. The molecule has 2 rings (SSSR count). The number of carbonyl (C=O) groups is 1. The highest BCUT2D eigenvalue weighted by Crippen LogP contribution is 2.42. The van der Waals surface area contributed by atoms with Gasteiger partial charge in [0.2, 0.25) is 5.91 Å². The van der Waals surface area contributed by atoms with E-state index in [0.717, 1.165) is 5.56 Å². The van der Waals surface area contributed by atoms with Crippen LogP contribution in [-0.4, -0.2) is 16.4 Å². The highest BCUT2D eigenvalue weighted by atomic mass is 19.1. The molecule has 4 heteroatoms. The Labute approximate surface area is 94.1 Å². The standard InChI is InChI=1S/C12H15FN2O/c1-11(2)12(3,5-10(16)15-11)8-4-9(13)7-14-6-8/h4,6-7H,5H2,1-3H3,(H,15,16). The van der Waals surface area contributed by atoms with E-state index in [1.165, 1.54) is 12.3 Å². The van der Waals surface area contributed by atoms with Gasteiger partial charge in [0.05, 0.1) is 6.20 Å². The Bertz CT molecular complexity index is 444. The number of halogens is 1. The van der Waals surface area contributed by atoms with Gasteiger partial charge in [-0.05, 0) is 25.5 Å². The predicted octanol–water partition coefficient (Wildman–Crippen LogP) is 1.78. The summed E-state index contributed by atoms with van der Waals surface area (Å²) in [6.45, 7) is 5.85. The van der Waals surface area contributed by atoms with Gasteiger partial charge < -0.3 is 5.32 Å². The van der Waals surface area contributed by atoms with Crippen LogP contribution in [0.2, 0.25) is 0 Å². The second kappa shape index (κ2) is 3.27. The minimum atomic E-state index is -0.417. The second-order valence-electron chi connectivity index (χ2n) is 5.07. The van der Waals surface area contributed by atoms with Crippen molar-refractivity contribution in [3.8, 4) is 0 Å². The van der Waals surface area contributed by atoms with Gasteiger partial charge >= 0.3 is 0 Å². The first kappa shape index (κ1) is 11.0. The summed E-state index contributed by atoms with van der Waals surface area (Å²) in [4.78, 5) is 15.4. The maximum atomic E-state index is 13.2. The Balaban J connectivity index is 2.50. The number of pyridine rings is 1. The molecule has 1 aliphatic rings. The Morgan fingerprint density at radius 2 is 2.06 bits per heavy atom. The summed E-state index contributed by atoms with van der Waals surface area (Å²) in [5.74, 6) is -0.370. The first-order valence-electron chi connectivity index (χ1n) is 5.27. The van der Waals surface area contributed by atoms with Gasteiger partial charge in [-0.1, -0.05) is 6.92 Å². The SMILES string of the molecule is CC1(C)NC(=O)CC1(C)c1cncc(F)c1. The van der Waals surface area contributed by atoms with Crippen LogP contribution in [0, 0.1) is 5.82 Å². The van der Waals surface area contributed by atoms with Gasteiger partial charge in [0.25, 0.3) is 0 Å². The van der Waals surface area contributed by atoms with Crippen molar-refractivity contribution in [3.63, 3.8) is 0 Å². The molecule has 0 radical (unpaired) electrons. The molecule has 1 N–H and O–H groups in total.